The molecule has 1 rings (SSSR count). The summed E-state index contributed by atoms with van der Waals surface area (Å²) in [5, 5.41) is 8.80. The second-order valence-corrected chi connectivity index (χ2v) is 4.17. The van der Waals surface area contributed by atoms with Gasteiger partial charge in [-0.15, -0.1) is 0 Å². The van der Waals surface area contributed by atoms with Crippen molar-refractivity contribution in [2.45, 2.75) is 12.8 Å². The fourth-order valence-electron chi connectivity index (χ4n) is 1.15. The fourth-order valence-corrected chi connectivity index (χ4v) is 1.40. The monoisotopic (exact) mass is 274 g/mol. The summed E-state index contributed by atoms with van der Waals surface area (Å²) >= 11 is 11.0. The minimum atomic E-state index is -0.839. The Labute approximate surface area is 115 Å². The van der Waals surface area contributed by atoms with E-state index in [1.807, 2.05) is 0 Å². The first-order valence-electron chi connectivity index (χ1n) is 4.36. The van der Waals surface area contributed by atoms with Crippen molar-refractivity contribution in [3.63, 3.8) is 0 Å². The Bertz CT molecular complexity index is 383. The number of carboxylic acids is 1. The van der Waals surface area contributed by atoms with Gasteiger partial charge in [-0.2, -0.15) is 0 Å². The highest BCUT2D eigenvalue weighted by Crippen LogP contribution is 2.18. The SMILES string of the molecule is CC(C(=O)O)c1ccc(C=C(Cl)Cl)cc1.[AlH3]. The van der Waals surface area contributed by atoms with Crippen LogP contribution >= 0.6 is 23.2 Å². The van der Waals surface area contributed by atoms with Gasteiger partial charge in [0.15, 0.2) is 17.4 Å². The first-order valence-corrected chi connectivity index (χ1v) is 5.12. The molecular formula is C11H13AlCl2O2. The van der Waals surface area contributed by atoms with Gasteiger partial charge in [-0.05, 0) is 24.1 Å². The van der Waals surface area contributed by atoms with E-state index in [-0.39, 0.29) is 21.9 Å². The van der Waals surface area contributed by atoms with Gasteiger partial charge in [0.1, 0.15) is 4.49 Å². The second kappa shape index (κ2) is 6.98. The van der Waals surface area contributed by atoms with Crippen molar-refractivity contribution in [2.75, 3.05) is 0 Å². The van der Waals surface area contributed by atoms with Crippen molar-refractivity contribution >= 4 is 52.6 Å². The molecular weight excluding hydrogens is 262 g/mol. The van der Waals surface area contributed by atoms with Crippen LogP contribution < -0.4 is 0 Å². The summed E-state index contributed by atoms with van der Waals surface area (Å²) in [6, 6.07) is 7.06. The number of carbonyl (C=O) groups is 1. The highest BCUT2D eigenvalue weighted by atomic mass is 35.5. The topological polar surface area (TPSA) is 37.3 Å². The van der Waals surface area contributed by atoms with Crippen LogP contribution in [0.3, 0.4) is 0 Å². The number of aliphatic carboxylic acids is 1. The van der Waals surface area contributed by atoms with Gasteiger partial charge in [-0.3, -0.25) is 4.79 Å². The van der Waals surface area contributed by atoms with E-state index in [4.69, 9.17) is 28.3 Å². The molecule has 0 saturated heterocycles. The molecule has 0 radical (unpaired) electrons. The van der Waals surface area contributed by atoms with E-state index < -0.39 is 11.9 Å². The van der Waals surface area contributed by atoms with Crippen LogP contribution in [-0.2, 0) is 4.79 Å². The lowest BCUT2D eigenvalue weighted by atomic mass is 10.0. The first-order chi connectivity index (χ1) is 7.00. The number of carboxylic acid groups (broad SMARTS) is 1. The third-order valence-electron chi connectivity index (χ3n) is 2.08. The first kappa shape index (κ1) is 15.5. The Hall–Kier alpha value is -0.458. The van der Waals surface area contributed by atoms with E-state index in [9.17, 15) is 4.79 Å². The molecule has 86 valence electrons. The standard InChI is InChI=1S/C11H10Cl2O2.Al.3H/c1-7(11(14)15)9-4-2-8(3-5-9)6-10(12)13;;;;/h2-7H,1H3,(H,14,15);;;;. The Balaban J connectivity index is 0.00000225. The van der Waals surface area contributed by atoms with Crippen molar-refractivity contribution in [3.05, 3.63) is 39.9 Å². The molecule has 0 spiro atoms. The number of hydrogen-bond acceptors (Lipinski definition) is 1. The van der Waals surface area contributed by atoms with Gasteiger partial charge >= 0.3 is 5.97 Å². The van der Waals surface area contributed by atoms with E-state index in [0.29, 0.717) is 0 Å². The van der Waals surface area contributed by atoms with Crippen molar-refractivity contribution in [3.8, 4) is 0 Å². The molecule has 1 aromatic carbocycles. The maximum absolute atomic E-state index is 10.7. The highest BCUT2D eigenvalue weighted by Gasteiger charge is 2.12. The summed E-state index contributed by atoms with van der Waals surface area (Å²) in [6.07, 6.45) is 1.60. The summed E-state index contributed by atoms with van der Waals surface area (Å²) in [4.78, 5) is 10.7. The molecule has 0 amide bonds. The van der Waals surface area contributed by atoms with Crippen molar-refractivity contribution in [2.24, 2.45) is 0 Å². The molecule has 0 aliphatic rings. The van der Waals surface area contributed by atoms with E-state index in [0.717, 1.165) is 11.1 Å². The molecule has 1 unspecified atom stereocenters. The predicted molar refractivity (Wildman–Crippen MR) is 72.1 cm³/mol. The lowest BCUT2D eigenvalue weighted by molar-refractivity contribution is -0.138. The third kappa shape index (κ3) is 4.59. The van der Waals surface area contributed by atoms with Crippen LogP contribution in [0.1, 0.15) is 24.0 Å². The van der Waals surface area contributed by atoms with E-state index in [1.165, 1.54) is 0 Å². The Kier molecular flexibility index (Phi) is 6.78. The third-order valence-corrected chi connectivity index (χ3v) is 2.30. The van der Waals surface area contributed by atoms with E-state index in [2.05, 4.69) is 0 Å². The van der Waals surface area contributed by atoms with Crippen LogP contribution in [0.2, 0.25) is 0 Å². The molecule has 1 atom stereocenters. The maximum atomic E-state index is 10.7. The van der Waals surface area contributed by atoms with Crippen LogP contribution in [0, 0.1) is 0 Å². The van der Waals surface area contributed by atoms with Crippen molar-refractivity contribution in [1.82, 2.24) is 0 Å². The number of rotatable bonds is 3. The highest BCUT2D eigenvalue weighted by molar-refractivity contribution is 6.57. The predicted octanol–water partition coefficient (Wildman–Crippen LogP) is 2.47. The summed E-state index contributed by atoms with van der Waals surface area (Å²) in [7, 11) is 0. The summed E-state index contributed by atoms with van der Waals surface area (Å²) in [6.45, 7) is 1.64. The summed E-state index contributed by atoms with van der Waals surface area (Å²) in [5.41, 5.74) is 1.60. The number of hydrogen-bond donors (Lipinski definition) is 1. The number of halogens is 2. The Morgan fingerprint density at radius 3 is 2.19 bits per heavy atom. The molecule has 0 aliphatic carbocycles. The molecule has 0 fully saturated rings. The second-order valence-electron chi connectivity index (χ2n) is 3.16. The minimum Gasteiger partial charge on any atom is -0.481 e. The summed E-state index contributed by atoms with van der Waals surface area (Å²) in [5.74, 6) is -1.34. The zero-order valence-electron chi connectivity index (χ0n) is 8.08. The lowest BCUT2D eigenvalue weighted by Crippen LogP contribution is -2.06. The molecule has 1 aromatic rings. The summed E-state index contributed by atoms with van der Waals surface area (Å²) < 4.78 is 0.175. The maximum Gasteiger partial charge on any atom is 0.310 e. The Morgan fingerprint density at radius 1 is 1.31 bits per heavy atom. The zero-order chi connectivity index (χ0) is 11.4. The number of benzene rings is 1. The largest absolute Gasteiger partial charge is 0.481 e. The van der Waals surface area contributed by atoms with E-state index >= 15 is 0 Å². The van der Waals surface area contributed by atoms with Gasteiger partial charge in [-0.1, -0.05) is 47.5 Å². The van der Waals surface area contributed by atoms with Crippen molar-refractivity contribution < 1.29 is 9.90 Å². The lowest BCUT2D eigenvalue weighted by Gasteiger charge is -2.06. The van der Waals surface area contributed by atoms with Crippen LogP contribution in [0.4, 0.5) is 0 Å². The molecule has 1 N–H and O–H groups in total. The molecule has 5 heteroatoms. The molecule has 2 nitrogen and oxygen atoms in total. The van der Waals surface area contributed by atoms with E-state index in [1.54, 1.807) is 37.3 Å². The van der Waals surface area contributed by atoms with Crippen molar-refractivity contribution in [1.29, 1.82) is 0 Å². The molecule has 0 bridgehead atoms. The van der Waals surface area contributed by atoms with Gasteiger partial charge in [-0.25, -0.2) is 0 Å². The van der Waals surface area contributed by atoms with Crippen LogP contribution in [0.15, 0.2) is 28.8 Å². The molecule has 0 aromatic heterocycles. The van der Waals surface area contributed by atoms with Crippen LogP contribution in [0.5, 0.6) is 0 Å². The molecule has 16 heavy (non-hydrogen) atoms. The molecule has 0 saturated carbocycles. The molecule has 0 heterocycles. The van der Waals surface area contributed by atoms with Gasteiger partial charge in [0.05, 0.1) is 5.92 Å². The smallest absolute Gasteiger partial charge is 0.310 e. The van der Waals surface area contributed by atoms with Gasteiger partial charge in [0, 0.05) is 0 Å². The fraction of sp³-hybridized carbons (Fsp3) is 0.182. The minimum absolute atomic E-state index is 0. The normalized spacial score (nSPS) is 11.2. The quantitative estimate of drug-likeness (QED) is 0.860. The van der Waals surface area contributed by atoms with Crippen LogP contribution in [-0.4, -0.2) is 28.4 Å². The van der Waals surface area contributed by atoms with Gasteiger partial charge in [0.25, 0.3) is 0 Å². The van der Waals surface area contributed by atoms with Gasteiger partial charge in [0.2, 0.25) is 0 Å². The zero-order valence-corrected chi connectivity index (χ0v) is 9.59. The van der Waals surface area contributed by atoms with Crippen LogP contribution in [0.25, 0.3) is 6.08 Å². The van der Waals surface area contributed by atoms with Gasteiger partial charge < -0.3 is 5.11 Å². The Morgan fingerprint density at radius 2 is 1.81 bits per heavy atom. The molecule has 0 aliphatic heterocycles. The average Bonchev–Trinajstić information content (AvgIpc) is 2.17. The average molecular weight is 275 g/mol.